The average molecular weight is 337 g/mol. The second-order valence-corrected chi connectivity index (χ2v) is 5.24. The molecule has 2 N–H and O–H groups in total. The fourth-order valence-electron chi connectivity index (χ4n) is 1.75. The Labute approximate surface area is 125 Å². The first-order valence-electron chi connectivity index (χ1n) is 6.10. The van der Waals surface area contributed by atoms with Crippen LogP contribution in [-0.4, -0.2) is 12.5 Å². The highest BCUT2D eigenvalue weighted by molar-refractivity contribution is 9.10. The largest absolute Gasteiger partial charge is 0.376 e. The lowest BCUT2D eigenvalue weighted by atomic mass is 10.2. The summed E-state index contributed by atoms with van der Waals surface area (Å²) in [5, 5.41) is 5.69. The molecule has 0 unspecified atom stereocenters. The fraction of sp³-hybridized carbons (Fsp3) is 0.133. The molecule has 0 saturated heterocycles. The van der Waals surface area contributed by atoms with Crippen LogP contribution in [0.3, 0.4) is 0 Å². The van der Waals surface area contributed by atoms with Crippen molar-refractivity contribution in [2.45, 2.75) is 6.92 Å². The summed E-state index contributed by atoms with van der Waals surface area (Å²) in [5.74, 6) is -0.478. The van der Waals surface area contributed by atoms with Crippen LogP contribution in [0.1, 0.15) is 5.56 Å². The molecule has 0 radical (unpaired) electrons. The molecule has 2 aromatic carbocycles. The summed E-state index contributed by atoms with van der Waals surface area (Å²) in [4.78, 5) is 11.8. The van der Waals surface area contributed by atoms with Crippen LogP contribution in [0.25, 0.3) is 0 Å². The van der Waals surface area contributed by atoms with Crippen LogP contribution in [0.5, 0.6) is 0 Å². The van der Waals surface area contributed by atoms with Crippen molar-refractivity contribution in [1.82, 2.24) is 0 Å². The van der Waals surface area contributed by atoms with Gasteiger partial charge < -0.3 is 10.6 Å². The van der Waals surface area contributed by atoms with Crippen molar-refractivity contribution in [1.29, 1.82) is 0 Å². The maximum atomic E-state index is 13.3. The van der Waals surface area contributed by atoms with E-state index >= 15 is 0 Å². The first-order valence-corrected chi connectivity index (χ1v) is 6.90. The third-order valence-corrected chi connectivity index (χ3v) is 3.31. The highest BCUT2D eigenvalue weighted by Gasteiger charge is 2.06. The van der Waals surface area contributed by atoms with E-state index in [1.807, 2.05) is 18.2 Å². The molecule has 0 spiro atoms. The normalized spacial score (nSPS) is 10.2. The van der Waals surface area contributed by atoms with Gasteiger partial charge in [0, 0.05) is 21.4 Å². The van der Waals surface area contributed by atoms with Crippen molar-refractivity contribution < 1.29 is 9.18 Å². The van der Waals surface area contributed by atoms with Crippen molar-refractivity contribution in [3.05, 3.63) is 58.3 Å². The van der Waals surface area contributed by atoms with Crippen molar-refractivity contribution in [2.24, 2.45) is 0 Å². The number of carbonyl (C=O) groups is 1. The third-order valence-electron chi connectivity index (χ3n) is 2.82. The highest BCUT2D eigenvalue weighted by Crippen LogP contribution is 2.18. The summed E-state index contributed by atoms with van der Waals surface area (Å²) >= 11 is 3.34. The van der Waals surface area contributed by atoms with Crippen LogP contribution >= 0.6 is 15.9 Å². The number of hydrogen-bond donors (Lipinski definition) is 2. The van der Waals surface area contributed by atoms with Crippen LogP contribution in [0.4, 0.5) is 15.8 Å². The van der Waals surface area contributed by atoms with E-state index in [1.54, 1.807) is 25.1 Å². The van der Waals surface area contributed by atoms with E-state index in [-0.39, 0.29) is 18.3 Å². The Balaban J connectivity index is 1.94. The second kappa shape index (κ2) is 6.52. The molecule has 0 saturated carbocycles. The molecule has 1 amide bonds. The maximum Gasteiger partial charge on any atom is 0.243 e. The molecule has 3 nitrogen and oxygen atoms in total. The molecule has 0 bridgehead atoms. The number of carbonyl (C=O) groups excluding carboxylic acids is 1. The van der Waals surface area contributed by atoms with Gasteiger partial charge in [-0.2, -0.15) is 0 Å². The van der Waals surface area contributed by atoms with Gasteiger partial charge in [0.25, 0.3) is 0 Å². The summed E-state index contributed by atoms with van der Waals surface area (Å²) in [7, 11) is 0. The first kappa shape index (κ1) is 14.5. The molecule has 0 atom stereocenters. The Bertz CT molecular complexity index is 631. The molecular formula is C15H14BrFN2O. The lowest BCUT2D eigenvalue weighted by Crippen LogP contribution is -2.22. The Kier molecular flexibility index (Phi) is 4.74. The quantitative estimate of drug-likeness (QED) is 0.887. The van der Waals surface area contributed by atoms with Gasteiger partial charge in [0.1, 0.15) is 5.82 Å². The topological polar surface area (TPSA) is 41.1 Å². The van der Waals surface area contributed by atoms with Crippen LogP contribution in [0, 0.1) is 12.7 Å². The van der Waals surface area contributed by atoms with E-state index < -0.39 is 0 Å². The van der Waals surface area contributed by atoms with Crippen LogP contribution in [0.2, 0.25) is 0 Å². The smallest absolute Gasteiger partial charge is 0.243 e. The minimum atomic E-state index is -0.289. The predicted octanol–water partition coefficient (Wildman–Crippen LogP) is 3.95. The number of rotatable bonds is 4. The zero-order valence-corrected chi connectivity index (χ0v) is 12.5. The molecule has 0 aliphatic heterocycles. The number of benzene rings is 2. The van der Waals surface area contributed by atoms with E-state index in [2.05, 4.69) is 26.6 Å². The Hall–Kier alpha value is -1.88. The molecule has 5 heteroatoms. The molecule has 2 aromatic rings. The number of anilines is 2. The predicted molar refractivity (Wildman–Crippen MR) is 82.4 cm³/mol. The van der Waals surface area contributed by atoms with E-state index in [4.69, 9.17) is 0 Å². The summed E-state index contributed by atoms with van der Waals surface area (Å²) in [6.07, 6.45) is 0. The number of halogens is 2. The fourth-order valence-corrected chi connectivity index (χ4v) is 2.15. The maximum absolute atomic E-state index is 13.3. The molecular weight excluding hydrogens is 323 g/mol. The van der Waals surface area contributed by atoms with Gasteiger partial charge in [0.2, 0.25) is 5.91 Å². The second-order valence-electron chi connectivity index (χ2n) is 4.32. The van der Waals surface area contributed by atoms with Crippen molar-refractivity contribution in [2.75, 3.05) is 17.2 Å². The van der Waals surface area contributed by atoms with Gasteiger partial charge in [-0.05, 0) is 37.3 Å². The minimum absolute atomic E-state index is 0.0802. The molecule has 0 fully saturated rings. The lowest BCUT2D eigenvalue weighted by Gasteiger charge is -2.10. The standard InChI is InChI=1S/C15H14BrFN2O/c1-10-13(17)6-3-7-14(10)18-9-15(20)19-12-5-2-4-11(16)8-12/h2-8,18H,9H2,1H3,(H,19,20). The summed E-state index contributed by atoms with van der Waals surface area (Å²) in [6, 6.07) is 12.1. The Morgan fingerprint density at radius 1 is 1.25 bits per heavy atom. The van der Waals surface area contributed by atoms with E-state index in [0.717, 1.165) is 4.47 Å². The van der Waals surface area contributed by atoms with Gasteiger partial charge in [-0.15, -0.1) is 0 Å². The molecule has 20 heavy (non-hydrogen) atoms. The summed E-state index contributed by atoms with van der Waals surface area (Å²) in [5.41, 5.74) is 1.83. The minimum Gasteiger partial charge on any atom is -0.376 e. The Morgan fingerprint density at radius 2 is 2.00 bits per heavy atom. The molecule has 0 aliphatic carbocycles. The molecule has 0 aliphatic rings. The van der Waals surface area contributed by atoms with E-state index in [0.29, 0.717) is 16.9 Å². The first-order chi connectivity index (χ1) is 9.56. The molecule has 104 valence electrons. The van der Waals surface area contributed by atoms with Gasteiger partial charge in [-0.3, -0.25) is 4.79 Å². The van der Waals surface area contributed by atoms with Crippen molar-refractivity contribution >= 4 is 33.2 Å². The average Bonchev–Trinajstić information content (AvgIpc) is 2.40. The van der Waals surface area contributed by atoms with E-state index in [9.17, 15) is 9.18 Å². The number of nitrogens with one attached hydrogen (secondary N) is 2. The zero-order valence-electron chi connectivity index (χ0n) is 10.9. The monoisotopic (exact) mass is 336 g/mol. The van der Waals surface area contributed by atoms with Gasteiger partial charge in [0.15, 0.2) is 0 Å². The van der Waals surface area contributed by atoms with Crippen LogP contribution in [-0.2, 0) is 4.79 Å². The van der Waals surface area contributed by atoms with E-state index in [1.165, 1.54) is 6.07 Å². The van der Waals surface area contributed by atoms with Gasteiger partial charge in [-0.25, -0.2) is 4.39 Å². The molecule has 0 aromatic heterocycles. The number of hydrogen-bond acceptors (Lipinski definition) is 2. The van der Waals surface area contributed by atoms with Crippen molar-refractivity contribution in [3.8, 4) is 0 Å². The molecule has 2 rings (SSSR count). The molecule has 0 heterocycles. The SMILES string of the molecule is Cc1c(F)cccc1NCC(=O)Nc1cccc(Br)c1. The number of amides is 1. The van der Waals surface area contributed by atoms with Gasteiger partial charge in [-0.1, -0.05) is 28.1 Å². The summed E-state index contributed by atoms with van der Waals surface area (Å²) < 4.78 is 14.2. The third kappa shape index (κ3) is 3.81. The van der Waals surface area contributed by atoms with Gasteiger partial charge >= 0.3 is 0 Å². The Morgan fingerprint density at radius 3 is 2.75 bits per heavy atom. The zero-order chi connectivity index (χ0) is 14.5. The van der Waals surface area contributed by atoms with Crippen molar-refractivity contribution in [3.63, 3.8) is 0 Å². The van der Waals surface area contributed by atoms with Crippen LogP contribution in [0.15, 0.2) is 46.9 Å². The highest BCUT2D eigenvalue weighted by atomic mass is 79.9. The summed E-state index contributed by atoms with van der Waals surface area (Å²) in [6.45, 7) is 1.75. The van der Waals surface area contributed by atoms with Crippen LogP contribution < -0.4 is 10.6 Å². The lowest BCUT2D eigenvalue weighted by molar-refractivity contribution is -0.114. The van der Waals surface area contributed by atoms with Gasteiger partial charge in [0.05, 0.1) is 6.54 Å².